The molecule has 0 radical (unpaired) electrons. The highest BCUT2D eigenvalue weighted by Gasteiger charge is 2.17. The van der Waals surface area contributed by atoms with Gasteiger partial charge in [0.2, 0.25) is 5.95 Å². The summed E-state index contributed by atoms with van der Waals surface area (Å²) in [7, 11) is 1.97. The Morgan fingerprint density at radius 1 is 1.00 bits per heavy atom. The summed E-state index contributed by atoms with van der Waals surface area (Å²) in [4.78, 5) is 16.0. The third-order valence-electron chi connectivity index (χ3n) is 5.15. The van der Waals surface area contributed by atoms with Crippen molar-refractivity contribution in [3.05, 3.63) is 60.7 Å². The van der Waals surface area contributed by atoms with E-state index in [0.717, 1.165) is 41.1 Å². The lowest BCUT2D eigenvalue weighted by atomic mass is 10.1. The van der Waals surface area contributed by atoms with Crippen LogP contribution in [-0.2, 0) is 11.8 Å². The van der Waals surface area contributed by atoms with E-state index in [4.69, 9.17) is 14.7 Å². The number of halogens is 1. The van der Waals surface area contributed by atoms with E-state index in [-0.39, 0.29) is 5.82 Å². The molecule has 0 spiro atoms. The highest BCUT2D eigenvalue weighted by Crippen LogP contribution is 2.27. The first kappa shape index (κ1) is 18.5. The molecule has 0 amide bonds. The number of ether oxygens (including phenoxy) is 1. The predicted molar refractivity (Wildman–Crippen MR) is 114 cm³/mol. The number of nitrogens with zero attached hydrogens (tertiary/aromatic N) is 5. The van der Waals surface area contributed by atoms with Gasteiger partial charge in [-0.2, -0.15) is 4.98 Å². The standard InChI is InChI=1S/C22H21FN6O/c1-28-14-24-18-7-2-15(12-20(18)28)19-13-21(25-17-5-3-16(23)4-6-17)27-22(26-19)29-8-10-30-11-9-29/h2-7,12-14H,8-11H2,1H3,(H,25,26,27). The maximum absolute atomic E-state index is 13.3. The van der Waals surface area contributed by atoms with Crippen molar-refractivity contribution in [2.45, 2.75) is 0 Å². The number of aryl methyl sites for hydroxylation is 1. The second kappa shape index (κ2) is 7.72. The molecule has 4 aromatic rings. The Morgan fingerprint density at radius 3 is 2.60 bits per heavy atom. The van der Waals surface area contributed by atoms with Crippen LogP contribution in [0.25, 0.3) is 22.3 Å². The number of anilines is 3. The smallest absolute Gasteiger partial charge is 0.228 e. The van der Waals surface area contributed by atoms with Crippen LogP contribution < -0.4 is 10.2 Å². The molecule has 1 aliphatic heterocycles. The maximum atomic E-state index is 13.3. The van der Waals surface area contributed by atoms with Crippen LogP contribution in [0.2, 0.25) is 0 Å². The Bertz CT molecular complexity index is 1180. The van der Waals surface area contributed by atoms with Gasteiger partial charge in [0, 0.05) is 37.5 Å². The van der Waals surface area contributed by atoms with Gasteiger partial charge in [-0.3, -0.25) is 0 Å². The summed E-state index contributed by atoms with van der Waals surface area (Å²) in [5.41, 5.74) is 4.51. The van der Waals surface area contributed by atoms with Crippen molar-refractivity contribution in [3.63, 3.8) is 0 Å². The molecule has 0 atom stereocenters. The molecule has 1 fully saturated rings. The third-order valence-corrected chi connectivity index (χ3v) is 5.15. The fourth-order valence-electron chi connectivity index (χ4n) is 3.52. The minimum absolute atomic E-state index is 0.276. The lowest BCUT2D eigenvalue weighted by Crippen LogP contribution is -2.37. The van der Waals surface area contributed by atoms with Crippen molar-refractivity contribution >= 4 is 28.5 Å². The monoisotopic (exact) mass is 404 g/mol. The molecule has 0 saturated carbocycles. The summed E-state index contributed by atoms with van der Waals surface area (Å²) in [5.74, 6) is 1.02. The lowest BCUT2D eigenvalue weighted by molar-refractivity contribution is 0.122. The van der Waals surface area contributed by atoms with Gasteiger partial charge in [0.1, 0.15) is 11.6 Å². The highest BCUT2D eigenvalue weighted by atomic mass is 19.1. The van der Waals surface area contributed by atoms with Crippen LogP contribution in [0.1, 0.15) is 0 Å². The Balaban J connectivity index is 1.57. The van der Waals surface area contributed by atoms with E-state index >= 15 is 0 Å². The summed E-state index contributed by atoms with van der Waals surface area (Å²) < 4.78 is 20.7. The van der Waals surface area contributed by atoms with E-state index in [1.807, 2.05) is 29.8 Å². The number of imidazole rings is 1. The van der Waals surface area contributed by atoms with Crippen LogP contribution in [-0.4, -0.2) is 45.8 Å². The summed E-state index contributed by atoms with van der Waals surface area (Å²) in [6.07, 6.45) is 1.80. The molecular weight excluding hydrogens is 383 g/mol. The van der Waals surface area contributed by atoms with Gasteiger partial charge in [-0.05, 0) is 36.4 Å². The van der Waals surface area contributed by atoms with Crippen LogP contribution >= 0.6 is 0 Å². The quantitative estimate of drug-likeness (QED) is 0.559. The van der Waals surface area contributed by atoms with Gasteiger partial charge in [0.25, 0.3) is 0 Å². The third kappa shape index (κ3) is 3.69. The van der Waals surface area contributed by atoms with Crippen LogP contribution in [0.5, 0.6) is 0 Å². The molecule has 1 saturated heterocycles. The van der Waals surface area contributed by atoms with Crippen LogP contribution in [0, 0.1) is 5.82 Å². The first-order valence-electron chi connectivity index (χ1n) is 9.81. The molecule has 7 nitrogen and oxygen atoms in total. The first-order valence-corrected chi connectivity index (χ1v) is 9.81. The van der Waals surface area contributed by atoms with Gasteiger partial charge in [0.05, 0.1) is 36.3 Å². The van der Waals surface area contributed by atoms with Crippen molar-refractivity contribution in [1.82, 2.24) is 19.5 Å². The van der Waals surface area contributed by atoms with Gasteiger partial charge in [0.15, 0.2) is 0 Å². The van der Waals surface area contributed by atoms with Crippen molar-refractivity contribution in [3.8, 4) is 11.3 Å². The molecule has 3 heterocycles. The summed E-state index contributed by atoms with van der Waals surface area (Å²) in [5, 5.41) is 3.27. The van der Waals surface area contributed by atoms with Crippen molar-refractivity contribution in [2.24, 2.45) is 7.05 Å². The molecule has 0 bridgehead atoms. The fourth-order valence-corrected chi connectivity index (χ4v) is 3.52. The van der Waals surface area contributed by atoms with Crippen molar-refractivity contribution in [1.29, 1.82) is 0 Å². The SMILES string of the molecule is Cn1cnc2ccc(-c3cc(Nc4ccc(F)cc4)nc(N4CCOCC4)n3)cc21. The Kier molecular flexibility index (Phi) is 4.76. The zero-order valence-corrected chi connectivity index (χ0v) is 16.5. The molecule has 0 unspecified atom stereocenters. The number of nitrogens with one attached hydrogen (secondary N) is 1. The average Bonchev–Trinajstić information content (AvgIpc) is 3.16. The molecule has 1 N–H and O–H groups in total. The zero-order chi connectivity index (χ0) is 20.5. The minimum Gasteiger partial charge on any atom is -0.378 e. The van der Waals surface area contributed by atoms with E-state index in [0.29, 0.717) is 25.0 Å². The first-order chi connectivity index (χ1) is 14.7. The molecule has 152 valence electrons. The average molecular weight is 404 g/mol. The van der Waals surface area contributed by atoms with Gasteiger partial charge in [-0.15, -0.1) is 0 Å². The van der Waals surface area contributed by atoms with E-state index in [1.54, 1.807) is 18.5 Å². The topological polar surface area (TPSA) is 68.1 Å². The number of fused-ring (bicyclic) bond motifs is 1. The molecule has 8 heteroatoms. The molecular formula is C22H21FN6O. The number of hydrogen-bond acceptors (Lipinski definition) is 6. The summed E-state index contributed by atoms with van der Waals surface area (Å²) in [6.45, 7) is 2.77. The van der Waals surface area contributed by atoms with E-state index in [1.165, 1.54) is 12.1 Å². The number of aromatic nitrogens is 4. The summed E-state index contributed by atoms with van der Waals surface area (Å²) >= 11 is 0. The van der Waals surface area contributed by atoms with E-state index < -0.39 is 0 Å². The van der Waals surface area contributed by atoms with Crippen LogP contribution in [0.4, 0.5) is 21.8 Å². The fraction of sp³-hybridized carbons (Fsp3) is 0.227. The zero-order valence-electron chi connectivity index (χ0n) is 16.5. The number of benzene rings is 2. The maximum Gasteiger partial charge on any atom is 0.228 e. The number of rotatable bonds is 4. The van der Waals surface area contributed by atoms with Gasteiger partial charge >= 0.3 is 0 Å². The van der Waals surface area contributed by atoms with Gasteiger partial charge < -0.3 is 19.5 Å². The van der Waals surface area contributed by atoms with Crippen LogP contribution in [0.3, 0.4) is 0 Å². The Hall–Kier alpha value is -3.52. The molecule has 2 aromatic carbocycles. The largest absolute Gasteiger partial charge is 0.378 e. The summed E-state index contributed by atoms with van der Waals surface area (Å²) in [6, 6.07) is 14.2. The Labute approximate surface area is 173 Å². The van der Waals surface area contributed by atoms with Gasteiger partial charge in [-0.25, -0.2) is 14.4 Å². The minimum atomic E-state index is -0.276. The molecule has 1 aliphatic rings. The van der Waals surface area contributed by atoms with E-state index in [2.05, 4.69) is 21.3 Å². The van der Waals surface area contributed by atoms with Gasteiger partial charge in [-0.1, -0.05) is 6.07 Å². The highest BCUT2D eigenvalue weighted by molar-refractivity contribution is 5.82. The number of morpholine rings is 1. The molecule has 0 aliphatic carbocycles. The molecule has 2 aromatic heterocycles. The second-order valence-corrected chi connectivity index (χ2v) is 7.23. The lowest BCUT2D eigenvalue weighted by Gasteiger charge is -2.27. The predicted octanol–water partition coefficient (Wildman–Crippen LogP) is 3.75. The van der Waals surface area contributed by atoms with Crippen LogP contribution in [0.15, 0.2) is 54.9 Å². The molecule has 5 rings (SSSR count). The Morgan fingerprint density at radius 2 is 1.80 bits per heavy atom. The number of hydrogen-bond donors (Lipinski definition) is 1. The van der Waals surface area contributed by atoms with Crippen molar-refractivity contribution in [2.75, 3.05) is 36.5 Å². The molecule has 30 heavy (non-hydrogen) atoms. The second-order valence-electron chi connectivity index (χ2n) is 7.23. The van der Waals surface area contributed by atoms with Crippen molar-refractivity contribution < 1.29 is 9.13 Å². The normalized spacial score (nSPS) is 14.3. The van der Waals surface area contributed by atoms with E-state index in [9.17, 15) is 4.39 Å².